The number of carbonyl (C=O) groups is 1. The maximum absolute atomic E-state index is 11.5. The van der Waals surface area contributed by atoms with Crippen molar-refractivity contribution in [2.24, 2.45) is 0 Å². The average Bonchev–Trinajstić information content (AvgIpc) is 2.84. The number of pyridine rings is 1. The fraction of sp³-hybridized carbons (Fsp3) is 0.385. The maximum Gasteiger partial charge on any atom is 0.407 e. The van der Waals surface area contributed by atoms with Crippen LogP contribution in [0.25, 0.3) is 5.69 Å². The van der Waals surface area contributed by atoms with Gasteiger partial charge >= 0.3 is 6.09 Å². The van der Waals surface area contributed by atoms with Gasteiger partial charge in [-0.25, -0.2) is 9.48 Å². The summed E-state index contributed by atoms with van der Waals surface area (Å²) in [7, 11) is 0. The summed E-state index contributed by atoms with van der Waals surface area (Å²) in [6.07, 6.45) is 4.62. The van der Waals surface area contributed by atoms with Crippen molar-refractivity contribution in [1.82, 2.24) is 25.3 Å². The second-order valence-electron chi connectivity index (χ2n) is 5.22. The first-order valence-corrected chi connectivity index (χ1v) is 6.22. The van der Waals surface area contributed by atoms with E-state index >= 15 is 0 Å². The Labute approximate surface area is 117 Å². The monoisotopic (exact) mass is 275 g/mol. The standard InChI is InChI=1S/C13H17N5O2/c1-13(2,3)20-12(19)15-7-10-9-18(17-16-10)11-5-4-6-14-8-11/h4-6,8-9H,7H2,1-3H3,(H,15,19). The van der Waals surface area contributed by atoms with Gasteiger partial charge in [-0.15, -0.1) is 5.10 Å². The van der Waals surface area contributed by atoms with Crippen LogP contribution in [0, 0.1) is 0 Å². The molecule has 20 heavy (non-hydrogen) atoms. The second kappa shape index (κ2) is 5.68. The van der Waals surface area contributed by atoms with Crippen LogP contribution in [0.3, 0.4) is 0 Å². The molecule has 0 aliphatic rings. The van der Waals surface area contributed by atoms with Crippen LogP contribution in [-0.2, 0) is 11.3 Å². The Bertz CT molecular complexity index is 574. The number of nitrogens with one attached hydrogen (secondary N) is 1. The molecule has 2 heterocycles. The Morgan fingerprint density at radius 1 is 1.45 bits per heavy atom. The summed E-state index contributed by atoms with van der Waals surface area (Å²) in [5, 5.41) is 10.6. The molecule has 0 saturated heterocycles. The van der Waals surface area contributed by atoms with Crippen LogP contribution in [0.1, 0.15) is 26.5 Å². The molecule has 0 fully saturated rings. The highest BCUT2D eigenvalue weighted by molar-refractivity contribution is 5.67. The summed E-state index contributed by atoms with van der Waals surface area (Å²) in [5.74, 6) is 0. The third kappa shape index (κ3) is 4.04. The predicted molar refractivity (Wildman–Crippen MR) is 72.2 cm³/mol. The van der Waals surface area contributed by atoms with Crippen LogP contribution in [0.2, 0.25) is 0 Å². The van der Waals surface area contributed by atoms with E-state index in [1.54, 1.807) is 23.3 Å². The van der Waals surface area contributed by atoms with Crippen LogP contribution in [0.5, 0.6) is 0 Å². The fourth-order valence-corrected chi connectivity index (χ4v) is 1.47. The molecule has 7 heteroatoms. The zero-order chi connectivity index (χ0) is 14.6. The van der Waals surface area contributed by atoms with E-state index in [9.17, 15) is 4.79 Å². The number of carbonyl (C=O) groups excluding carboxylic acids is 1. The quantitative estimate of drug-likeness (QED) is 0.921. The molecule has 0 atom stereocenters. The van der Waals surface area contributed by atoms with Crippen molar-refractivity contribution in [1.29, 1.82) is 0 Å². The van der Waals surface area contributed by atoms with Crippen molar-refractivity contribution in [3.05, 3.63) is 36.4 Å². The van der Waals surface area contributed by atoms with E-state index in [0.29, 0.717) is 5.69 Å². The first kappa shape index (κ1) is 14.0. The van der Waals surface area contributed by atoms with Crippen molar-refractivity contribution in [3.8, 4) is 5.69 Å². The third-order valence-corrected chi connectivity index (χ3v) is 2.26. The minimum Gasteiger partial charge on any atom is -0.444 e. The van der Waals surface area contributed by atoms with Gasteiger partial charge in [-0.2, -0.15) is 0 Å². The van der Waals surface area contributed by atoms with Gasteiger partial charge in [0.15, 0.2) is 0 Å². The lowest BCUT2D eigenvalue weighted by molar-refractivity contribution is 0.0523. The minimum absolute atomic E-state index is 0.259. The lowest BCUT2D eigenvalue weighted by Crippen LogP contribution is -2.32. The molecule has 2 rings (SSSR count). The smallest absolute Gasteiger partial charge is 0.407 e. The third-order valence-electron chi connectivity index (χ3n) is 2.26. The molecule has 0 spiro atoms. The number of ether oxygens (including phenoxy) is 1. The first-order valence-electron chi connectivity index (χ1n) is 6.22. The number of hydrogen-bond acceptors (Lipinski definition) is 5. The molecule has 0 radical (unpaired) electrons. The van der Waals surface area contributed by atoms with E-state index in [1.807, 2.05) is 32.9 Å². The molecule has 106 valence electrons. The van der Waals surface area contributed by atoms with Gasteiger partial charge in [-0.1, -0.05) is 5.21 Å². The van der Waals surface area contributed by atoms with Gasteiger partial charge < -0.3 is 10.1 Å². The average molecular weight is 275 g/mol. The van der Waals surface area contributed by atoms with Crippen molar-refractivity contribution in [2.45, 2.75) is 32.9 Å². The number of aromatic nitrogens is 4. The number of rotatable bonds is 3. The molecular formula is C13H17N5O2. The van der Waals surface area contributed by atoms with Gasteiger partial charge in [0.1, 0.15) is 11.3 Å². The molecule has 0 saturated carbocycles. The summed E-state index contributed by atoms with van der Waals surface area (Å²) in [5.41, 5.74) is 0.931. The van der Waals surface area contributed by atoms with E-state index in [4.69, 9.17) is 4.74 Å². The Morgan fingerprint density at radius 3 is 2.90 bits per heavy atom. The zero-order valence-corrected chi connectivity index (χ0v) is 11.7. The molecule has 0 aliphatic heterocycles. The lowest BCUT2D eigenvalue weighted by Gasteiger charge is -2.19. The lowest BCUT2D eigenvalue weighted by atomic mass is 10.2. The van der Waals surface area contributed by atoms with Crippen LogP contribution in [0.15, 0.2) is 30.7 Å². The number of alkyl carbamates (subject to hydrolysis) is 1. The van der Waals surface area contributed by atoms with Crippen LogP contribution < -0.4 is 5.32 Å². The van der Waals surface area contributed by atoms with Crippen molar-refractivity contribution in [2.75, 3.05) is 0 Å². The predicted octanol–water partition coefficient (Wildman–Crippen LogP) is 1.69. The molecule has 1 amide bonds. The molecule has 0 aromatic carbocycles. The van der Waals surface area contributed by atoms with Crippen molar-refractivity contribution >= 4 is 6.09 Å². The summed E-state index contributed by atoms with van der Waals surface area (Å²) < 4.78 is 6.73. The number of nitrogens with zero attached hydrogens (tertiary/aromatic N) is 4. The largest absolute Gasteiger partial charge is 0.444 e. The van der Waals surface area contributed by atoms with Gasteiger partial charge in [0.05, 0.1) is 24.6 Å². The van der Waals surface area contributed by atoms with Crippen LogP contribution in [-0.4, -0.2) is 31.7 Å². The SMILES string of the molecule is CC(C)(C)OC(=O)NCc1cn(-c2cccnc2)nn1. The zero-order valence-electron chi connectivity index (χ0n) is 11.7. The highest BCUT2D eigenvalue weighted by Crippen LogP contribution is 2.07. The van der Waals surface area contributed by atoms with Gasteiger partial charge in [-0.05, 0) is 32.9 Å². The summed E-state index contributed by atoms with van der Waals surface area (Å²) in [6, 6.07) is 3.68. The molecular weight excluding hydrogens is 258 g/mol. The minimum atomic E-state index is -0.516. The molecule has 0 bridgehead atoms. The Morgan fingerprint density at radius 2 is 2.25 bits per heavy atom. The molecule has 0 aliphatic carbocycles. The fourth-order valence-electron chi connectivity index (χ4n) is 1.47. The molecule has 1 N–H and O–H groups in total. The van der Waals surface area contributed by atoms with Gasteiger partial charge in [0.25, 0.3) is 0 Å². The van der Waals surface area contributed by atoms with E-state index in [-0.39, 0.29) is 6.54 Å². The van der Waals surface area contributed by atoms with E-state index < -0.39 is 11.7 Å². The Kier molecular flexibility index (Phi) is 3.97. The van der Waals surface area contributed by atoms with Gasteiger partial charge in [0, 0.05) is 6.20 Å². The van der Waals surface area contributed by atoms with Crippen LogP contribution in [0.4, 0.5) is 4.79 Å². The van der Waals surface area contributed by atoms with Gasteiger partial charge in [0.2, 0.25) is 0 Å². The number of hydrogen-bond donors (Lipinski definition) is 1. The summed E-state index contributed by atoms with van der Waals surface area (Å²) in [6.45, 7) is 5.69. The second-order valence-corrected chi connectivity index (χ2v) is 5.22. The Balaban J connectivity index is 1.92. The topological polar surface area (TPSA) is 81.9 Å². The van der Waals surface area contributed by atoms with E-state index in [0.717, 1.165) is 5.69 Å². The maximum atomic E-state index is 11.5. The molecule has 0 unspecified atom stereocenters. The van der Waals surface area contributed by atoms with Gasteiger partial charge in [-0.3, -0.25) is 4.98 Å². The highest BCUT2D eigenvalue weighted by Gasteiger charge is 2.16. The first-order chi connectivity index (χ1) is 9.44. The molecule has 2 aromatic rings. The van der Waals surface area contributed by atoms with Crippen molar-refractivity contribution in [3.63, 3.8) is 0 Å². The number of amides is 1. The molecule has 2 aromatic heterocycles. The van der Waals surface area contributed by atoms with Crippen molar-refractivity contribution < 1.29 is 9.53 Å². The Hall–Kier alpha value is -2.44. The summed E-state index contributed by atoms with van der Waals surface area (Å²) >= 11 is 0. The van der Waals surface area contributed by atoms with Crippen LogP contribution >= 0.6 is 0 Å². The van der Waals surface area contributed by atoms with E-state index in [2.05, 4.69) is 20.6 Å². The summed E-state index contributed by atoms with van der Waals surface area (Å²) in [4.78, 5) is 15.5. The highest BCUT2D eigenvalue weighted by atomic mass is 16.6. The normalized spacial score (nSPS) is 11.2. The molecule has 7 nitrogen and oxygen atoms in total. The van der Waals surface area contributed by atoms with E-state index in [1.165, 1.54) is 0 Å².